The molecule has 0 amide bonds. The minimum absolute atomic E-state index is 0.0313. The van der Waals surface area contributed by atoms with E-state index in [1.165, 1.54) is 16.7 Å². The van der Waals surface area contributed by atoms with Crippen molar-refractivity contribution < 1.29 is 10.2 Å². The van der Waals surface area contributed by atoms with Gasteiger partial charge in [-0.15, -0.1) is 0 Å². The Morgan fingerprint density at radius 1 is 1.23 bits per heavy atom. The van der Waals surface area contributed by atoms with E-state index in [1.54, 1.807) is 0 Å². The van der Waals surface area contributed by atoms with Gasteiger partial charge in [0.15, 0.2) is 0 Å². The van der Waals surface area contributed by atoms with Crippen LogP contribution in [0.3, 0.4) is 0 Å². The van der Waals surface area contributed by atoms with Crippen LogP contribution in [-0.2, 0) is 0 Å². The average molecular weight is 190 g/mol. The van der Waals surface area contributed by atoms with E-state index in [4.69, 9.17) is 5.11 Å². The van der Waals surface area contributed by atoms with Gasteiger partial charge < -0.3 is 0 Å². The van der Waals surface area contributed by atoms with Gasteiger partial charge in [0.05, 0.1) is 0 Å². The molecule has 2 aromatic rings. The Labute approximate surface area is 80.3 Å². The van der Waals surface area contributed by atoms with E-state index < -0.39 is 0 Å². The van der Waals surface area contributed by atoms with Gasteiger partial charge in [0.2, 0.25) is 0 Å². The molecule has 0 aliphatic rings. The molecule has 0 aliphatic carbocycles. The van der Waals surface area contributed by atoms with Crippen molar-refractivity contribution in [3.8, 4) is 21.8 Å². The van der Waals surface area contributed by atoms with Crippen LogP contribution in [0.1, 0.15) is 0 Å². The van der Waals surface area contributed by atoms with Crippen molar-refractivity contribution in [3.05, 3.63) is 29.5 Å². The topological polar surface area (TPSA) is 40.5 Å². The quantitative estimate of drug-likeness (QED) is 0.723. The number of rotatable bonds is 1. The molecule has 0 radical (unpaired) electrons. The van der Waals surface area contributed by atoms with Gasteiger partial charge in [0.1, 0.15) is 0 Å². The van der Waals surface area contributed by atoms with E-state index in [0.717, 1.165) is 5.46 Å². The Morgan fingerprint density at radius 3 is 2.62 bits per heavy atom. The maximum absolute atomic E-state index is 9.45. The molecule has 0 spiro atoms. The molecule has 0 saturated heterocycles. The zero-order chi connectivity index (χ0) is 9.26. The molecule has 2 aromatic heterocycles. The molecular weight excluding hydrogens is 183 g/mol. The normalized spacial score (nSPS) is 9.85. The first kappa shape index (κ1) is 8.32. The average Bonchev–Trinajstić information content (AvgIpc) is 2.49. The fourth-order valence-corrected chi connectivity index (χ4v) is 1.97. The van der Waals surface area contributed by atoms with E-state index in [2.05, 4.69) is 0 Å². The standard InChI is InChI=1S/C9H7BO2S/c11-7-5-13-9(8(7)12)6-3-1-2-4-10-6/h1-5,11-12H. The molecule has 0 aliphatic heterocycles. The predicted octanol–water partition coefficient (Wildman–Crippen LogP) is 2.16. The van der Waals surface area contributed by atoms with Crippen LogP contribution in [0.4, 0.5) is 0 Å². The van der Waals surface area contributed by atoms with Gasteiger partial charge in [-0.1, -0.05) is 0 Å². The first-order valence-electron chi connectivity index (χ1n) is 3.84. The summed E-state index contributed by atoms with van der Waals surface area (Å²) in [5.41, 5.74) is 0.922. The van der Waals surface area contributed by atoms with E-state index in [-0.39, 0.29) is 11.5 Å². The second-order valence-corrected chi connectivity index (χ2v) is 3.54. The van der Waals surface area contributed by atoms with Gasteiger partial charge >= 0.3 is 79.8 Å². The van der Waals surface area contributed by atoms with Gasteiger partial charge in [-0.25, -0.2) is 0 Å². The second kappa shape index (κ2) is 3.22. The molecule has 2 rings (SSSR count). The number of thiophene rings is 1. The van der Waals surface area contributed by atoms with E-state index in [0.29, 0.717) is 4.88 Å². The zero-order valence-corrected chi connectivity index (χ0v) is 7.58. The van der Waals surface area contributed by atoms with Crippen molar-refractivity contribution in [2.75, 3.05) is 0 Å². The van der Waals surface area contributed by atoms with Gasteiger partial charge in [-0.3, -0.25) is 0 Å². The third-order valence-corrected chi connectivity index (χ3v) is 2.79. The zero-order valence-electron chi connectivity index (χ0n) is 6.77. The van der Waals surface area contributed by atoms with Crippen LogP contribution < -0.4 is 0 Å². The van der Waals surface area contributed by atoms with Crippen molar-refractivity contribution in [1.82, 2.24) is 0 Å². The van der Waals surface area contributed by atoms with Crippen molar-refractivity contribution >= 4 is 18.2 Å². The minimum atomic E-state index is -0.0520. The molecule has 0 unspecified atom stereocenters. The molecule has 4 heteroatoms. The molecule has 2 N–H and O–H groups in total. The summed E-state index contributed by atoms with van der Waals surface area (Å²) in [6, 6.07) is 5.70. The fourth-order valence-electron chi connectivity index (χ4n) is 1.14. The molecule has 13 heavy (non-hydrogen) atoms. The van der Waals surface area contributed by atoms with Gasteiger partial charge in [-0.05, 0) is 0 Å². The molecule has 0 atom stereocenters. The molecule has 2 heterocycles. The number of aromatic hydroxyl groups is 2. The van der Waals surface area contributed by atoms with E-state index >= 15 is 0 Å². The summed E-state index contributed by atoms with van der Waals surface area (Å²) >= 11 is 1.33. The summed E-state index contributed by atoms with van der Waals surface area (Å²) in [6.07, 6.45) is 0. The Bertz CT molecular complexity index is 411. The summed E-state index contributed by atoms with van der Waals surface area (Å²) in [4.78, 5) is 0.707. The predicted molar refractivity (Wildman–Crippen MR) is 54.4 cm³/mol. The third kappa shape index (κ3) is 1.45. The Hall–Kier alpha value is -1.29. The molecule has 2 nitrogen and oxygen atoms in total. The molecule has 64 valence electrons. The van der Waals surface area contributed by atoms with Crippen molar-refractivity contribution in [1.29, 1.82) is 0 Å². The van der Waals surface area contributed by atoms with Crippen molar-refractivity contribution in [2.24, 2.45) is 0 Å². The first-order chi connectivity index (χ1) is 6.29. The summed E-state index contributed by atoms with van der Waals surface area (Å²) < 4.78 is 0. The van der Waals surface area contributed by atoms with Gasteiger partial charge in [-0.2, -0.15) is 0 Å². The molecular formula is C9H7BO2S. The Balaban J connectivity index is 2.53. The Morgan fingerprint density at radius 2 is 2.08 bits per heavy atom. The van der Waals surface area contributed by atoms with E-state index in [9.17, 15) is 5.11 Å². The monoisotopic (exact) mass is 190 g/mol. The van der Waals surface area contributed by atoms with Gasteiger partial charge in [0, 0.05) is 0 Å². The van der Waals surface area contributed by atoms with Crippen molar-refractivity contribution in [2.45, 2.75) is 0 Å². The van der Waals surface area contributed by atoms with Crippen LogP contribution in [0, 0.1) is 0 Å². The van der Waals surface area contributed by atoms with Crippen LogP contribution in [0.15, 0.2) is 29.5 Å². The molecule has 0 aromatic carbocycles. The SMILES string of the molecule is Oc1csc(-c2bcccc2)c1O. The number of hydrogen-bond donors (Lipinski definition) is 2. The second-order valence-electron chi connectivity index (χ2n) is 2.66. The molecule has 0 bridgehead atoms. The van der Waals surface area contributed by atoms with Crippen LogP contribution in [0.25, 0.3) is 10.3 Å². The molecule has 0 fully saturated rings. The summed E-state index contributed by atoms with van der Waals surface area (Å²) in [5.74, 6) is 1.81. The van der Waals surface area contributed by atoms with Crippen LogP contribution in [0.5, 0.6) is 11.5 Å². The first-order valence-corrected chi connectivity index (χ1v) is 4.72. The number of hydrogen-bond acceptors (Lipinski definition) is 3. The van der Waals surface area contributed by atoms with Gasteiger partial charge in [0.25, 0.3) is 0 Å². The Kier molecular flexibility index (Phi) is 2.06. The summed E-state index contributed by atoms with van der Waals surface area (Å²) in [7, 11) is 0. The van der Waals surface area contributed by atoms with Crippen LogP contribution in [0.2, 0.25) is 0 Å². The van der Waals surface area contributed by atoms with E-state index in [1.807, 2.05) is 31.1 Å². The molecule has 0 saturated carbocycles. The van der Waals surface area contributed by atoms with Crippen molar-refractivity contribution in [3.63, 3.8) is 0 Å². The van der Waals surface area contributed by atoms with Crippen LogP contribution in [-0.4, -0.2) is 17.1 Å². The summed E-state index contributed by atoms with van der Waals surface area (Å²) in [5, 5.41) is 20.1. The maximum atomic E-state index is 9.45. The third-order valence-electron chi connectivity index (χ3n) is 1.78. The summed E-state index contributed by atoms with van der Waals surface area (Å²) in [6.45, 7) is 1.89. The fraction of sp³-hybridized carbons (Fsp3) is 0. The van der Waals surface area contributed by atoms with Crippen LogP contribution >= 0.6 is 11.3 Å².